The first-order valence-corrected chi connectivity index (χ1v) is 13.6. The minimum atomic E-state index is -4.56. The molecule has 41 heavy (non-hydrogen) atoms. The second kappa shape index (κ2) is 11.0. The number of hydrogen-bond acceptors (Lipinski definition) is 6. The Morgan fingerprint density at radius 1 is 1.29 bits per heavy atom. The van der Waals surface area contributed by atoms with Crippen molar-refractivity contribution < 1.29 is 22.7 Å². The summed E-state index contributed by atoms with van der Waals surface area (Å²) in [4.78, 5) is 32.0. The smallest absolute Gasteiger partial charge is 0.377 e. The van der Waals surface area contributed by atoms with Crippen molar-refractivity contribution in [2.24, 2.45) is 0 Å². The highest BCUT2D eigenvalue weighted by molar-refractivity contribution is 6.33. The fraction of sp³-hybridized carbons (Fsp3) is 0.481. The van der Waals surface area contributed by atoms with Gasteiger partial charge < -0.3 is 19.9 Å². The highest BCUT2D eigenvalue weighted by atomic mass is 35.5. The average molecular weight is 613 g/mol. The van der Waals surface area contributed by atoms with E-state index >= 15 is 0 Å². The van der Waals surface area contributed by atoms with Gasteiger partial charge in [-0.25, -0.2) is 0 Å². The first kappa shape index (κ1) is 29.6. The van der Waals surface area contributed by atoms with Crippen molar-refractivity contribution in [1.82, 2.24) is 24.5 Å². The van der Waals surface area contributed by atoms with Crippen LogP contribution in [0.25, 0.3) is 11.4 Å². The van der Waals surface area contributed by atoms with Crippen molar-refractivity contribution in [2.75, 3.05) is 31.6 Å². The number of carbonyl (C=O) groups excluding carboxylic acids is 1. The zero-order valence-electron chi connectivity index (χ0n) is 22.2. The first-order valence-electron chi connectivity index (χ1n) is 13.3. The molecule has 0 bridgehead atoms. The number of fused-ring (bicyclic) bond motifs is 3. The van der Waals surface area contributed by atoms with E-state index in [-0.39, 0.29) is 52.3 Å². The Labute approximate surface area is 244 Å². The maximum absolute atomic E-state index is 14.0. The predicted octanol–water partition coefficient (Wildman–Crippen LogP) is 4.56. The van der Waals surface area contributed by atoms with Gasteiger partial charge in [0, 0.05) is 16.7 Å². The van der Waals surface area contributed by atoms with Crippen molar-refractivity contribution >= 4 is 47.0 Å². The maximum atomic E-state index is 14.0. The fourth-order valence-electron chi connectivity index (χ4n) is 6.38. The highest BCUT2D eigenvalue weighted by Gasteiger charge is 2.47. The lowest BCUT2D eigenvalue weighted by Gasteiger charge is -2.34. The molecule has 9 nitrogen and oxygen atoms in total. The molecule has 2 aromatic heterocycles. The summed E-state index contributed by atoms with van der Waals surface area (Å²) in [6.45, 7) is 4.34. The number of carbonyl (C=O) groups is 1. The number of nitrogens with one attached hydrogen (secondary N) is 2. The molecule has 1 amide bonds. The Kier molecular flexibility index (Phi) is 7.97. The molecule has 1 fully saturated rings. The van der Waals surface area contributed by atoms with Gasteiger partial charge in [-0.05, 0) is 68.5 Å². The van der Waals surface area contributed by atoms with Crippen molar-refractivity contribution in [1.29, 1.82) is 0 Å². The number of rotatable bonds is 4. The molecule has 6 rings (SSSR count). The molecule has 14 heteroatoms. The predicted molar refractivity (Wildman–Crippen MR) is 150 cm³/mol. The van der Waals surface area contributed by atoms with Crippen LogP contribution in [0.2, 0.25) is 5.02 Å². The third-order valence-corrected chi connectivity index (χ3v) is 8.47. The van der Waals surface area contributed by atoms with E-state index in [4.69, 9.17) is 21.3 Å². The Morgan fingerprint density at radius 2 is 2.05 bits per heavy atom. The Morgan fingerprint density at radius 3 is 2.71 bits per heavy atom. The number of alkyl halides is 3. The minimum absolute atomic E-state index is 0. The molecule has 0 saturated carbocycles. The van der Waals surface area contributed by atoms with Crippen LogP contribution >= 0.6 is 24.0 Å². The van der Waals surface area contributed by atoms with E-state index in [1.54, 1.807) is 4.57 Å². The van der Waals surface area contributed by atoms with Crippen molar-refractivity contribution in [3.05, 3.63) is 62.3 Å². The number of halogens is 5. The van der Waals surface area contributed by atoms with Crippen LogP contribution in [0.15, 0.2) is 29.1 Å². The number of nitrogens with zero attached hydrogens (tertiary/aromatic N) is 4. The second-order valence-corrected chi connectivity index (χ2v) is 11.1. The molecule has 3 aromatic rings. The summed E-state index contributed by atoms with van der Waals surface area (Å²) in [5.41, 5.74) is 0.904. The monoisotopic (exact) mass is 612 g/mol. The molecule has 1 atom stereocenters. The number of piperidine rings is 1. The zero-order valence-corrected chi connectivity index (χ0v) is 23.8. The van der Waals surface area contributed by atoms with Gasteiger partial charge in [-0.15, -0.1) is 17.5 Å². The number of ether oxygens (including phenoxy) is 1. The second-order valence-electron chi connectivity index (χ2n) is 10.7. The van der Waals surface area contributed by atoms with Crippen LogP contribution in [0, 0.1) is 0 Å². The summed E-state index contributed by atoms with van der Waals surface area (Å²) in [7, 11) is 0. The molecule has 4 heterocycles. The number of amides is 1. The average Bonchev–Trinajstić information content (AvgIpc) is 3.48. The standard InChI is InChI=1S/C27H28ClF3N6O3.ClH/c1-15-13-26(6-8-32-9-7-26)21-22(15)36(14-20(38)33-19-3-2-17(12-18(19)28)27(29,30)31)25-34-23(35-37(25)24(21)39)16-4-10-40-11-5-16;/h2-4,12,15,32H,5-11,13-14H2,1H3,(H,33,38);1H. The van der Waals surface area contributed by atoms with Gasteiger partial charge in [-0.3, -0.25) is 9.59 Å². The van der Waals surface area contributed by atoms with Gasteiger partial charge >= 0.3 is 6.18 Å². The summed E-state index contributed by atoms with van der Waals surface area (Å²) in [5.74, 6) is 0.132. The van der Waals surface area contributed by atoms with E-state index in [9.17, 15) is 22.8 Å². The molecule has 2 aliphatic heterocycles. The van der Waals surface area contributed by atoms with Crippen LogP contribution in [0.4, 0.5) is 18.9 Å². The van der Waals surface area contributed by atoms with E-state index in [0.717, 1.165) is 61.8 Å². The molecule has 2 N–H and O–H groups in total. The number of benzene rings is 1. The van der Waals surface area contributed by atoms with E-state index in [1.165, 1.54) is 4.52 Å². The van der Waals surface area contributed by atoms with Gasteiger partial charge in [0.2, 0.25) is 11.7 Å². The molecule has 1 saturated heterocycles. The van der Waals surface area contributed by atoms with Crippen molar-refractivity contribution in [3.63, 3.8) is 0 Å². The van der Waals surface area contributed by atoms with Crippen LogP contribution in [-0.2, 0) is 27.7 Å². The van der Waals surface area contributed by atoms with Crippen LogP contribution in [0.3, 0.4) is 0 Å². The van der Waals surface area contributed by atoms with Crippen LogP contribution in [0.1, 0.15) is 61.2 Å². The Bertz CT molecular complexity index is 1590. The Hall–Kier alpha value is -2.93. The summed E-state index contributed by atoms with van der Waals surface area (Å²) in [6, 6.07) is 2.78. The molecule has 1 unspecified atom stereocenters. The molecule has 0 radical (unpaired) electrons. The number of hydrogen-bond donors (Lipinski definition) is 2. The minimum Gasteiger partial charge on any atom is -0.377 e. The molecule has 1 spiro atoms. The number of anilines is 1. The lowest BCUT2D eigenvalue weighted by atomic mass is 9.74. The molecule has 220 valence electrons. The molecular weight excluding hydrogens is 584 g/mol. The number of aromatic nitrogens is 4. The summed E-state index contributed by atoms with van der Waals surface area (Å²) in [5, 5.41) is 10.4. The summed E-state index contributed by atoms with van der Waals surface area (Å²) >= 11 is 6.09. The van der Waals surface area contributed by atoms with Crippen LogP contribution in [-0.4, -0.2) is 51.4 Å². The SMILES string of the molecule is CC1CC2(CCNCC2)c2c1n(CC(=O)Nc1ccc(C(F)(F)F)cc1Cl)c1nc(C3=CCOCC3)nn1c2=O.Cl. The lowest BCUT2D eigenvalue weighted by molar-refractivity contribution is -0.137. The van der Waals surface area contributed by atoms with E-state index < -0.39 is 17.6 Å². The third kappa shape index (κ3) is 5.26. The van der Waals surface area contributed by atoms with E-state index in [1.807, 2.05) is 13.0 Å². The van der Waals surface area contributed by atoms with Gasteiger partial charge in [0.25, 0.3) is 5.56 Å². The lowest BCUT2D eigenvalue weighted by Crippen LogP contribution is -2.42. The van der Waals surface area contributed by atoms with Crippen molar-refractivity contribution in [2.45, 2.75) is 56.7 Å². The van der Waals surface area contributed by atoms with Crippen LogP contribution < -0.4 is 16.2 Å². The summed E-state index contributed by atoms with van der Waals surface area (Å²) < 4.78 is 47.7. The van der Waals surface area contributed by atoms with Gasteiger partial charge in [0.15, 0.2) is 5.82 Å². The van der Waals surface area contributed by atoms with Gasteiger partial charge in [-0.1, -0.05) is 24.6 Å². The topological polar surface area (TPSA) is 103 Å². The quantitative estimate of drug-likeness (QED) is 0.448. The van der Waals surface area contributed by atoms with E-state index in [2.05, 4.69) is 15.7 Å². The largest absolute Gasteiger partial charge is 0.416 e. The Balaban J connectivity index is 0.00000337. The molecular formula is C27H29Cl2F3N6O3. The first-order chi connectivity index (χ1) is 19.1. The normalized spacial score (nSPS) is 20.0. The van der Waals surface area contributed by atoms with Gasteiger partial charge in [0.05, 0.1) is 29.5 Å². The van der Waals surface area contributed by atoms with Gasteiger partial charge in [-0.2, -0.15) is 22.7 Å². The molecule has 1 aromatic carbocycles. The molecule has 3 aliphatic rings. The maximum Gasteiger partial charge on any atom is 0.416 e. The molecule has 1 aliphatic carbocycles. The highest BCUT2D eigenvalue weighted by Crippen LogP contribution is 2.49. The van der Waals surface area contributed by atoms with Gasteiger partial charge in [0.1, 0.15) is 6.54 Å². The third-order valence-electron chi connectivity index (χ3n) is 8.16. The fourth-order valence-corrected chi connectivity index (χ4v) is 6.60. The zero-order chi connectivity index (χ0) is 28.2. The van der Waals surface area contributed by atoms with Crippen molar-refractivity contribution in [3.8, 4) is 0 Å². The van der Waals surface area contributed by atoms with E-state index in [0.29, 0.717) is 31.0 Å². The van der Waals surface area contributed by atoms with Crippen LogP contribution in [0.5, 0.6) is 0 Å². The summed E-state index contributed by atoms with van der Waals surface area (Å²) in [6.07, 6.45) is 0.292.